The van der Waals surface area contributed by atoms with Crippen molar-refractivity contribution in [3.63, 3.8) is 0 Å². The van der Waals surface area contributed by atoms with Crippen LogP contribution in [0.15, 0.2) is 58.3 Å². The molecule has 0 spiro atoms. The van der Waals surface area contributed by atoms with E-state index >= 15 is 0 Å². The number of hydrazine groups is 1. The Balaban J connectivity index is 1.57. The van der Waals surface area contributed by atoms with Gasteiger partial charge in [0.15, 0.2) is 16.7 Å². The summed E-state index contributed by atoms with van der Waals surface area (Å²) in [5.74, 6) is 0.0855. The maximum absolute atomic E-state index is 11.9. The van der Waals surface area contributed by atoms with Gasteiger partial charge < -0.3 is 8.98 Å². The van der Waals surface area contributed by atoms with E-state index in [0.717, 1.165) is 11.4 Å². The number of nitrogens with zero attached hydrogens (tertiary/aromatic N) is 3. The van der Waals surface area contributed by atoms with E-state index in [-0.39, 0.29) is 17.4 Å². The van der Waals surface area contributed by atoms with Gasteiger partial charge in [0.05, 0.1) is 12.0 Å². The van der Waals surface area contributed by atoms with Crippen LogP contribution in [0.5, 0.6) is 0 Å². The average molecular weight is 371 g/mol. The molecule has 3 aromatic rings. The predicted octanol–water partition coefficient (Wildman–Crippen LogP) is 2.11. The van der Waals surface area contributed by atoms with Crippen molar-refractivity contribution in [2.45, 2.75) is 18.6 Å². The maximum atomic E-state index is 11.9. The molecule has 26 heavy (non-hydrogen) atoms. The van der Waals surface area contributed by atoms with Gasteiger partial charge >= 0.3 is 5.91 Å². The second kappa shape index (κ2) is 8.34. The Morgan fingerprint density at radius 3 is 2.62 bits per heavy atom. The van der Waals surface area contributed by atoms with E-state index in [9.17, 15) is 9.59 Å². The molecule has 0 aliphatic heterocycles. The summed E-state index contributed by atoms with van der Waals surface area (Å²) in [6.07, 6.45) is 1.38. The highest BCUT2D eigenvalue weighted by molar-refractivity contribution is 7.99. The number of rotatable bonds is 6. The van der Waals surface area contributed by atoms with Crippen LogP contribution in [0.25, 0.3) is 11.4 Å². The third-order valence-corrected chi connectivity index (χ3v) is 4.42. The Morgan fingerprint density at radius 1 is 1.12 bits per heavy atom. The number of hydrogen-bond acceptors (Lipinski definition) is 6. The highest BCUT2D eigenvalue weighted by Crippen LogP contribution is 2.23. The monoisotopic (exact) mass is 371 g/mol. The Hall–Kier alpha value is -3.07. The van der Waals surface area contributed by atoms with E-state index in [1.165, 1.54) is 24.1 Å². The lowest BCUT2D eigenvalue weighted by molar-refractivity contribution is -0.119. The molecular formula is C17H17N5O3S. The van der Waals surface area contributed by atoms with Gasteiger partial charge in [-0.1, -0.05) is 42.1 Å². The summed E-state index contributed by atoms with van der Waals surface area (Å²) in [6, 6.07) is 12.8. The smallest absolute Gasteiger partial charge is 0.305 e. The molecule has 0 fully saturated rings. The third kappa shape index (κ3) is 4.12. The van der Waals surface area contributed by atoms with Gasteiger partial charge in [-0.25, -0.2) is 0 Å². The van der Waals surface area contributed by atoms with E-state index in [4.69, 9.17) is 4.42 Å². The van der Waals surface area contributed by atoms with Crippen LogP contribution in [-0.4, -0.2) is 32.3 Å². The van der Waals surface area contributed by atoms with Crippen molar-refractivity contribution in [1.82, 2.24) is 25.6 Å². The highest BCUT2D eigenvalue weighted by atomic mass is 32.2. The van der Waals surface area contributed by atoms with Crippen LogP contribution in [0.1, 0.15) is 17.5 Å². The number of carbonyl (C=O) groups excluding carboxylic acids is 2. The Kier molecular flexibility index (Phi) is 5.69. The number of carbonyl (C=O) groups is 2. The van der Waals surface area contributed by atoms with Crippen LogP contribution in [0.4, 0.5) is 0 Å². The zero-order valence-electron chi connectivity index (χ0n) is 14.0. The zero-order chi connectivity index (χ0) is 18.4. The molecule has 0 aliphatic rings. The quantitative estimate of drug-likeness (QED) is 0.508. The summed E-state index contributed by atoms with van der Waals surface area (Å²) < 4.78 is 6.88. The molecule has 2 amide bonds. The molecule has 9 heteroatoms. The van der Waals surface area contributed by atoms with Gasteiger partial charge in [0.2, 0.25) is 5.91 Å². The van der Waals surface area contributed by atoms with Gasteiger partial charge in [0, 0.05) is 12.1 Å². The van der Waals surface area contributed by atoms with Gasteiger partial charge in [-0.15, -0.1) is 10.2 Å². The first kappa shape index (κ1) is 17.7. The highest BCUT2D eigenvalue weighted by Gasteiger charge is 2.15. The number of nitrogens with one attached hydrogen (secondary N) is 2. The van der Waals surface area contributed by atoms with Gasteiger partial charge in [0.1, 0.15) is 0 Å². The Bertz CT molecular complexity index is 877. The molecule has 0 bridgehead atoms. The van der Waals surface area contributed by atoms with Gasteiger partial charge in [0.25, 0.3) is 0 Å². The average Bonchev–Trinajstić information content (AvgIpc) is 3.34. The SMILES string of the molecule is CCn1c(SCC(=O)NNC(=O)c2ccco2)nnc1-c1ccccc1. The van der Waals surface area contributed by atoms with Crippen molar-refractivity contribution in [2.75, 3.05) is 5.75 Å². The molecule has 0 saturated heterocycles. The second-order valence-corrected chi connectivity index (χ2v) is 6.13. The van der Waals surface area contributed by atoms with Crippen LogP contribution in [0, 0.1) is 0 Å². The van der Waals surface area contributed by atoms with Crippen molar-refractivity contribution in [3.8, 4) is 11.4 Å². The second-order valence-electron chi connectivity index (χ2n) is 5.18. The van der Waals surface area contributed by atoms with Crippen LogP contribution < -0.4 is 10.9 Å². The largest absolute Gasteiger partial charge is 0.459 e. The van der Waals surface area contributed by atoms with E-state index < -0.39 is 5.91 Å². The van der Waals surface area contributed by atoms with E-state index in [1.54, 1.807) is 6.07 Å². The number of thioether (sulfide) groups is 1. The standard InChI is InChI=1S/C17H17N5O3S/c1-2-22-15(12-7-4-3-5-8-12)19-21-17(22)26-11-14(23)18-20-16(24)13-9-6-10-25-13/h3-10H,2,11H2,1H3,(H,18,23)(H,20,24). The fraction of sp³-hybridized carbons (Fsp3) is 0.176. The fourth-order valence-corrected chi connectivity index (χ4v) is 3.05. The zero-order valence-corrected chi connectivity index (χ0v) is 14.8. The molecule has 1 aromatic carbocycles. The molecule has 0 aliphatic carbocycles. The minimum absolute atomic E-state index is 0.0886. The number of hydrogen-bond donors (Lipinski definition) is 2. The molecule has 0 unspecified atom stereocenters. The normalized spacial score (nSPS) is 10.5. The summed E-state index contributed by atoms with van der Waals surface area (Å²) in [5.41, 5.74) is 5.59. The molecule has 0 saturated carbocycles. The van der Waals surface area contributed by atoms with E-state index in [2.05, 4.69) is 21.0 Å². The van der Waals surface area contributed by atoms with Crippen molar-refractivity contribution < 1.29 is 14.0 Å². The van der Waals surface area contributed by atoms with E-state index in [0.29, 0.717) is 11.7 Å². The Morgan fingerprint density at radius 2 is 1.92 bits per heavy atom. The predicted molar refractivity (Wildman–Crippen MR) is 96.2 cm³/mol. The lowest BCUT2D eigenvalue weighted by atomic mass is 10.2. The molecule has 0 radical (unpaired) electrons. The molecular weight excluding hydrogens is 354 g/mol. The molecule has 0 atom stereocenters. The number of benzene rings is 1. The third-order valence-electron chi connectivity index (χ3n) is 3.46. The van der Waals surface area contributed by atoms with Crippen LogP contribution in [0.2, 0.25) is 0 Å². The summed E-state index contributed by atoms with van der Waals surface area (Å²) in [6.45, 7) is 2.67. The van der Waals surface area contributed by atoms with Crippen LogP contribution >= 0.6 is 11.8 Å². The van der Waals surface area contributed by atoms with Gasteiger partial charge in [-0.3, -0.25) is 20.4 Å². The van der Waals surface area contributed by atoms with Gasteiger partial charge in [-0.05, 0) is 19.1 Å². The number of amides is 2. The van der Waals surface area contributed by atoms with E-state index in [1.807, 2.05) is 41.8 Å². The Labute approximate surface area is 154 Å². The number of aromatic nitrogens is 3. The fourth-order valence-electron chi connectivity index (χ4n) is 2.24. The molecule has 2 N–H and O–H groups in total. The summed E-state index contributed by atoms with van der Waals surface area (Å²) in [4.78, 5) is 23.6. The molecule has 8 nitrogen and oxygen atoms in total. The summed E-state index contributed by atoms with van der Waals surface area (Å²) in [5, 5.41) is 9.02. The summed E-state index contributed by atoms with van der Waals surface area (Å²) in [7, 11) is 0. The summed E-state index contributed by atoms with van der Waals surface area (Å²) >= 11 is 1.25. The molecule has 134 valence electrons. The topological polar surface area (TPSA) is 102 Å². The van der Waals surface area contributed by atoms with Crippen molar-refractivity contribution in [1.29, 1.82) is 0 Å². The van der Waals surface area contributed by atoms with Crippen LogP contribution in [-0.2, 0) is 11.3 Å². The molecule has 2 aromatic heterocycles. The van der Waals surface area contributed by atoms with Crippen LogP contribution in [0.3, 0.4) is 0 Å². The van der Waals surface area contributed by atoms with Crippen molar-refractivity contribution in [3.05, 3.63) is 54.5 Å². The minimum atomic E-state index is -0.517. The van der Waals surface area contributed by atoms with Gasteiger partial charge in [-0.2, -0.15) is 0 Å². The maximum Gasteiger partial charge on any atom is 0.305 e. The first-order valence-corrected chi connectivity index (χ1v) is 8.91. The molecule has 3 rings (SSSR count). The minimum Gasteiger partial charge on any atom is -0.459 e. The molecule has 2 heterocycles. The van der Waals surface area contributed by atoms with Crippen molar-refractivity contribution >= 4 is 23.6 Å². The first-order chi connectivity index (χ1) is 12.7. The lowest BCUT2D eigenvalue weighted by Gasteiger charge is -2.08. The number of furan rings is 1. The lowest BCUT2D eigenvalue weighted by Crippen LogP contribution is -2.42. The first-order valence-electron chi connectivity index (χ1n) is 7.93. The van der Waals surface area contributed by atoms with Crippen molar-refractivity contribution in [2.24, 2.45) is 0 Å².